The van der Waals surface area contributed by atoms with Gasteiger partial charge in [0.15, 0.2) is 0 Å². The largest absolute Gasteiger partial charge is 0.348 e. The van der Waals surface area contributed by atoms with Gasteiger partial charge in [-0.25, -0.2) is 0 Å². The number of carbonyl (C=O) groups is 1. The first-order valence-electron chi connectivity index (χ1n) is 6.36. The summed E-state index contributed by atoms with van der Waals surface area (Å²) >= 11 is 0. The topological polar surface area (TPSA) is 29.1 Å². The summed E-state index contributed by atoms with van der Waals surface area (Å²) in [6, 6.07) is 10.5. The summed E-state index contributed by atoms with van der Waals surface area (Å²) in [5.74, 6) is 0.945. The van der Waals surface area contributed by atoms with Crippen LogP contribution in [0.4, 0.5) is 0 Å². The molecule has 1 fully saturated rings. The van der Waals surface area contributed by atoms with E-state index in [0.717, 1.165) is 19.3 Å². The highest BCUT2D eigenvalue weighted by Gasteiger charge is 2.44. The molecule has 17 heavy (non-hydrogen) atoms. The molecular weight excluding hydrogens is 210 g/mol. The lowest BCUT2D eigenvalue weighted by Gasteiger charge is -2.42. The zero-order valence-electron chi connectivity index (χ0n) is 9.80. The molecule has 1 aliphatic carbocycles. The van der Waals surface area contributed by atoms with Crippen LogP contribution in [0.2, 0.25) is 0 Å². The molecule has 0 saturated carbocycles. The molecule has 2 nitrogen and oxygen atoms in total. The second-order valence-corrected chi connectivity index (χ2v) is 4.97. The quantitative estimate of drug-likeness (QED) is 0.611. The van der Waals surface area contributed by atoms with Gasteiger partial charge in [0, 0.05) is 0 Å². The predicted molar refractivity (Wildman–Crippen MR) is 67.3 cm³/mol. The molecule has 2 aliphatic rings. The standard InChI is InChI=1S/C15H17NO/c17-15-13(11-7-3-1-4-8-11)14(16-15)12-9-5-2-6-10-12/h1-3,5-6,9-11,13-14H,4,7-8H2,(H,16,17)/t11-,13+,14-/m0/s1. The van der Waals surface area contributed by atoms with Crippen LogP contribution in [0, 0.1) is 11.8 Å². The molecule has 1 aromatic carbocycles. The number of allylic oxidation sites excluding steroid dienone is 2. The molecule has 1 aliphatic heterocycles. The molecule has 0 bridgehead atoms. The van der Waals surface area contributed by atoms with Crippen molar-refractivity contribution in [2.24, 2.45) is 11.8 Å². The number of hydrogen-bond acceptors (Lipinski definition) is 1. The maximum Gasteiger partial charge on any atom is 0.226 e. The van der Waals surface area contributed by atoms with Crippen molar-refractivity contribution in [1.29, 1.82) is 0 Å². The number of amides is 1. The summed E-state index contributed by atoms with van der Waals surface area (Å²) in [6.07, 6.45) is 7.78. The van der Waals surface area contributed by atoms with Crippen LogP contribution in [-0.4, -0.2) is 5.91 Å². The van der Waals surface area contributed by atoms with E-state index in [4.69, 9.17) is 0 Å². The Morgan fingerprint density at radius 2 is 1.94 bits per heavy atom. The molecule has 3 atom stereocenters. The van der Waals surface area contributed by atoms with E-state index < -0.39 is 0 Å². The Morgan fingerprint density at radius 1 is 1.12 bits per heavy atom. The molecule has 1 aromatic rings. The number of benzene rings is 1. The van der Waals surface area contributed by atoms with Crippen molar-refractivity contribution in [2.75, 3.05) is 0 Å². The van der Waals surface area contributed by atoms with Crippen molar-refractivity contribution < 1.29 is 4.79 Å². The van der Waals surface area contributed by atoms with E-state index in [-0.39, 0.29) is 17.9 Å². The van der Waals surface area contributed by atoms with E-state index in [1.54, 1.807) is 0 Å². The number of hydrogen-bond donors (Lipinski definition) is 1. The molecule has 1 saturated heterocycles. The fourth-order valence-electron chi connectivity index (χ4n) is 2.97. The summed E-state index contributed by atoms with van der Waals surface area (Å²) in [5, 5.41) is 3.04. The van der Waals surface area contributed by atoms with E-state index in [1.165, 1.54) is 5.56 Å². The van der Waals surface area contributed by atoms with Crippen molar-refractivity contribution in [3.05, 3.63) is 48.0 Å². The minimum atomic E-state index is 0.183. The summed E-state index contributed by atoms with van der Waals surface area (Å²) in [6.45, 7) is 0. The van der Waals surface area contributed by atoms with Gasteiger partial charge in [0.2, 0.25) is 5.91 Å². The maximum atomic E-state index is 11.8. The lowest BCUT2D eigenvalue weighted by Crippen LogP contribution is -2.54. The Balaban J connectivity index is 1.79. The Morgan fingerprint density at radius 3 is 2.59 bits per heavy atom. The van der Waals surface area contributed by atoms with Gasteiger partial charge in [-0.3, -0.25) is 4.79 Å². The second kappa shape index (κ2) is 4.36. The van der Waals surface area contributed by atoms with Crippen molar-refractivity contribution >= 4 is 5.91 Å². The van der Waals surface area contributed by atoms with E-state index >= 15 is 0 Å². The predicted octanol–water partition coefficient (Wildman–Crippen LogP) is 2.83. The zero-order chi connectivity index (χ0) is 11.7. The van der Waals surface area contributed by atoms with Gasteiger partial charge in [-0.15, -0.1) is 0 Å². The molecule has 1 N–H and O–H groups in total. The average molecular weight is 227 g/mol. The average Bonchev–Trinajstić information content (AvgIpc) is 2.38. The van der Waals surface area contributed by atoms with Crippen LogP contribution in [0.3, 0.4) is 0 Å². The smallest absolute Gasteiger partial charge is 0.226 e. The molecule has 1 amide bonds. The summed E-state index contributed by atoms with van der Waals surface area (Å²) < 4.78 is 0. The zero-order valence-corrected chi connectivity index (χ0v) is 9.80. The number of carbonyl (C=O) groups excluding carboxylic acids is 1. The highest BCUT2D eigenvalue weighted by atomic mass is 16.2. The second-order valence-electron chi connectivity index (χ2n) is 4.97. The molecule has 3 rings (SSSR count). The van der Waals surface area contributed by atoms with Crippen molar-refractivity contribution in [3.8, 4) is 0 Å². The molecule has 0 aromatic heterocycles. The van der Waals surface area contributed by atoms with E-state index in [0.29, 0.717) is 5.92 Å². The van der Waals surface area contributed by atoms with Crippen molar-refractivity contribution in [3.63, 3.8) is 0 Å². The molecular formula is C15H17NO. The van der Waals surface area contributed by atoms with E-state index in [2.05, 4.69) is 29.6 Å². The Bertz CT molecular complexity index is 437. The minimum Gasteiger partial charge on any atom is -0.348 e. The van der Waals surface area contributed by atoms with Crippen LogP contribution in [0.1, 0.15) is 30.9 Å². The van der Waals surface area contributed by atoms with Crippen LogP contribution in [0.5, 0.6) is 0 Å². The van der Waals surface area contributed by atoms with Gasteiger partial charge in [-0.2, -0.15) is 0 Å². The van der Waals surface area contributed by atoms with Crippen LogP contribution in [0.15, 0.2) is 42.5 Å². The van der Waals surface area contributed by atoms with Gasteiger partial charge in [-0.05, 0) is 30.7 Å². The first-order valence-corrected chi connectivity index (χ1v) is 6.36. The van der Waals surface area contributed by atoms with E-state index in [1.807, 2.05) is 18.2 Å². The molecule has 1 heterocycles. The van der Waals surface area contributed by atoms with Gasteiger partial charge in [0.1, 0.15) is 0 Å². The van der Waals surface area contributed by atoms with Crippen molar-refractivity contribution in [2.45, 2.75) is 25.3 Å². The van der Waals surface area contributed by atoms with Gasteiger partial charge in [0.25, 0.3) is 0 Å². The fourth-order valence-corrected chi connectivity index (χ4v) is 2.97. The van der Waals surface area contributed by atoms with Gasteiger partial charge < -0.3 is 5.32 Å². The number of β-lactam (4-membered cyclic amide) rings is 1. The Kier molecular flexibility index (Phi) is 2.71. The third kappa shape index (κ3) is 1.88. The van der Waals surface area contributed by atoms with Crippen LogP contribution in [0.25, 0.3) is 0 Å². The lowest BCUT2D eigenvalue weighted by atomic mass is 9.72. The highest BCUT2D eigenvalue weighted by Crippen LogP contribution is 2.40. The van der Waals surface area contributed by atoms with Gasteiger partial charge >= 0.3 is 0 Å². The third-order valence-corrected chi connectivity index (χ3v) is 3.94. The van der Waals surface area contributed by atoms with Gasteiger partial charge in [0.05, 0.1) is 12.0 Å². The van der Waals surface area contributed by atoms with Crippen LogP contribution in [-0.2, 0) is 4.79 Å². The van der Waals surface area contributed by atoms with E-state index in [9.17, 15) is 4.79 Å². The molecule has 2 heteroatoms. The maximum absolute atomic E-state index is 11.8. The fraction of sp³-hybridized carbons (Fsp3) is 0.400. The Hall–Kier alpha value is -1.57. The lowest BCUT2D eigenvalue weighted by molar-refractivity contribution is -0.138. The molecule has 0 spiro atoms. The van der Waals surface area contributed by atoms with Crippen LogP contribution < -0.4 is 5.32 Å². The summed E-state index contributed by atoms with van der Waals surface area (Å²) in [4.78, 5) is 11.8. The number of rotatable bonds is 2. The molecule has 0 unspecified atom stereocenters. The van der Waals surface area contributed by atoms with Crippen LogP contribution >= 0.6 is 0 Å². The van der Waals surface area contributed by atoms with Gasteiger partial charge in [-0.1, -0.05) is 42.5 Å². The molecule has 0 radical (unpaired) electrons. The number of nitrogens with one attached hydrogen (secondary N) is 1. The SMILES string of the molecule is O=C1N[C@@H](c2ccccc2)[C@H]1[C@H]1CC=CCC1. The first-order chi connectivity index (χ1) is 8.36. The monoisotopic (exact) mass is 227 g/mol. The first kappa shape index (κ1) is 10.6. The summed E-state index contributed by atoms with van der Waals surface area (Å²) in [5.41, 5.74) is 1.24. The minimum absolute atomic E-state index is 0.183. The highest BCUT2D eigenvalue weighted by molar-refractivity contribution is 5.86. The summed E-state index contributed by atoms with van der Waals surface area (Å²) in [7, 11) is 0. The third-order valence-electron chi connectivity index (χ3n) is 3.94. The van der Waals surface area contributed by atoms with Crippen molar-refractivity contribution in [1.82, 2.24) is 5.32 Å². The Labute approximate surface area is 102 Å². The normalized spacial score (nSPS) is 31.8. The molecule has 88 valence electrons.